The number of hydrogen-bond acceptors (Lipinski definition) is 3. The zero-order valence-corrected chi connectivity index (χ0v) is 14.7. The Hall–Kier alpha value is -2.37. The van der Waals surface area contributed by atoms with Crippen LogP contribution < -0.4 is 16.0 Å². The van der Waals surface area contributed by atoms with Crippen molar-refractivity contribution in [1.29, 1.82) is 0 Å². The van der Waals surface area contributed by atoms with Crippen LogP contribution in [0.5, 0.6) is 0 Å². The highest BCUT2D eigenvalue weighted by Gasteiger charge is 2.26. The first-order valence-electron chi connectivity index (χ1n) is 8.62. The minimum absolute atomic E-state index is 0. The number of hydrogen-bond donors (Lipinski definition) is 3. The molecular formula is C18H31N3O3. The molecule has 0 bridgehead atoms. The fraction of sp³-hybridized carbons (Fsp3) is 0.500. The van der Waals surface area contributed by atoms with E-state index in [9.17, 15) is 14.4 Å². The Balaban J connectivity index is 0. The van der Waals surface area contributed by atoms with E-state index in [2.05, 4.69) is 22.9 Å². The number of benzene rings is 1. The molecule has 6 heteroatoms. The first kappa shape index (κ1) is 19.7. The third kappa shape index (κ3) is 5.68. The highest BCUT2D eigenvalue weighted by Crippen LogP contribution is 2.17. The van der Waals surface area contributed by atoms with Crippen LogP contribution >= 0.6 is 0 Å². The first-order chi connectivity index (χ1) is 11.6. The van der Waals surface area contributed by atoms with Crippen LogP contribution in [0.1, 0.15) is 75.6 Å². The summed E-state index contributed by atoms with van der Waals surface area (Å²) in [7, 11) is 0. The van der Waals surface area contributed by atoms with Crippen molar-refractivity contribution in [3.8, 4) is 0 Å². The standard InChI is InChI=1S/C16H21N3O3.C2H6.2H2/c1-2-3-4-5-8-17-16(22)18-10-11-6-7-12-13(9-11)15(21)19-14(12)20;1-2;;/h6-7,9H,2-5,8,10H2,1H3,(H2,17,18,22)(H,19,20,21);1-2H3;2*1H. The highest BCUT2D eigenvalue weighted by molar-refractivity contribution is 6.21. The number of amides is 4. The topological polar surface area (TPSA) is 87.3 Å². The molecule has 1 aliphatic heterocycles. The van der Waals surface area contributed by atoms with E-state index in [0.29, 0.717) is 24.2 Å². The van der Waals surface area contributed by atoms with Gasteiger partial charge in [0.2, 0.25) is 0 Å². The van der Waals surface area contributed by atoms with Crippen LogP contribution in [-0.2, 0) is 6.54 Å². The molecule has 1 aliphatic rings. The van der Waals surface area contributed by atoms with Crippen molar-refractivity contribution in [2.24, 2.45) is 0 Å². The van der Waals surface area contributed by atoms with Gasteiger partial charge in [-0.05, 0) is 24.1 Å². The third-order valence-corrected chi connectivity index (χ3v) is 3.57. The van der Waals surface area contributed by atoms with Gasteiger partial charge in [0.1, 0.15) is 0 Å². The number of unbranched alkanes of at least 4 members (excludes halogenated alkanes) is 3. The largest absolute Gasteiger partial charge is 0.338 e. The second-order valence-corrected chi connectivity index (χ2v) is 5.33. The number of carbonyl (C=O) groups is 3. The minimum atomic E-state index is -0.387. The highest BCUT2D eigenvalue weighted by atomic mass is 16.2. The van der Waals surface area contributed by atoms with E-state index in [1.165, 1.54) is 12.8 Å². The molecule has 0 saturated heterocycles. The van der Waals surface area contributed by atoms with Gasteiger partial charge in [-0.1, -0.05) is 46.1 Å². The lowest BCUT2D eigenvalue weighted by atomic mass is 10.1. The number of urea groups is 1. The van der Waals surface area contributed by atoms with E-state index in [1.807, 2.05) is 13.8 Å². The van der Waals surface area contributed by atoms with Gasteiger partial charge in [-0.2, -0.15) is 0 Å². The van der Waals surface area contributed by atoms with Gasteiger partial charge < -0.3 is 10.6 Å². The molecule has 136 valence electrons. The predicted octanol–water partition coefficient (Wildman–Crippen LogP) is 3.47. The lowest BCUT2D eigenvalue weighted by Crippen LogP contribution is -2.35. The van der Waals surface area contributed by atoms with Crippen LogP contribution in [-0.4, -0.2) is 24.4 Å². The Morgan fingerprint density at radius 2 is 1.75 bits per heavy atom. The van der Waals surface area contributed by atoms with Crippen molar-refractivity contribution in [2.45, 2.75) is 53.0 Å². The maximum absolute atomic E-state index is 11.6. The Bertz CT molecular complexity index is 595. The van der Waals surface area contributed by atoms with Gasteiger partial charge in [-0.15, -0.1) is 0 Å². The Morgan fingerprint density at radius 3 is 2.46 bits per heavy atom. The zero-order chi connectivity index (χ0) is 17.9. The summed E-state index contributed by atoms with van der Waals surface area (Å²) in [6, 6.07) is 4.75. The first-order valence-corrected chi connectivity index (χ1v) is 8.62. The van der Waals surface area contributed by atoms with Gasteiger partial charge in [-0.25, -0.2) is 4.79 Å². The minimum Gasteiger partial charge on any atom is -0.338 e. The van der Waals surface area contributed by atoms with Crippen molar-refractivity contribution in [3.63, 3.8) is 0 Å². The van der Waals surface area contributed by atoms with Gasteiger partial charge >= 0.3 is 6.03 Å². The quantitative estimate of drug-likeness (QED) is 0.526. The third-order valence-electron chi connectivity index (χ3n) is 3.57. The normalized spacial score (nSPS) is 12.0. The molecule has 1 aromatic rings. The molecule has 0 spiro atoms. The van der Waals surface area contributed by atoms with E-state index in [-0.39, 0.29) is 20.7 Å². The fourth-order valence-corrected chi connectivity index (χ4v) is 2.32. The van der Waals surface area contributed by atoms with Crippen LogP contribution in [0.15, 0.2) is 18.2 Å². The van der Waals surface area contributed by atoms with E-state index in [4.69, 9.17) is 0 Å². The van der Waals surface area contributed by atoms with Crippen molar-refractivity contribution in [2.75, 3.05) is 6.54 Å². The summed E-state index contributed by atoms with van der Waals surface area (Å²) >= 11 is 0. The summed E-state index contributed by atoms with van der Waals surface area (Å²) in [5.41, 5.74) is 1.53. The molecule has 2 rings (SSSR count). The number of imide groups is 1. The summed E-state index contributed by atoms with van der Waals surface area (Å²) in [5, 5.41) is 7.78. The summed E-state index contributed by atoms with van der Waals surface area (Å²) < 4.78 is 0. The predicted molar refractivity (Wildman–Crippen MR) is 98.2 cm³/mol. The van der Waals surface area contributed by atoms with Crippen molar-refractivity contribution >= 4 is 17.8 Å². The molecule has 24 heavy (non-hydrogen) atoms. The molecule has 0 saturated carbocycles. The van der Waals surface area contributed by atoms with Crippen LogP contribution in [0.25, 0.3) is 0 Å². The lowest BCUT2D eigenvalue weighted by molar-refractivity contribution is 0.0879. The van der Waals surface area contributed by atoms with Gasteiger partial charge in [0.15, 0.2) is 0 Å². The second kappa shape index (κ2) is 10.4. The summed E-state index contributed by atoms with van der Waals surface area (Å²) in [6.07, 6.45) is 4.44. The summed E-state index contributed by atoms with van der Waals surface area (Å²) in [4.78, 5) is 34.6. The van der Waals surface area contributed by atoms with Gasteiger partial charge in [0.05, 0.1) is 11.1 Å². The molecule has 0 aliphatic carbocycles. The van der Waals surface area contributed by atoms with Crippen molar-refractivity contribution < 1.29 is 17.2 Å². The number of rotatable bonds is 7. The van der Waals surface area contributed by atoms with Gasteiger partial charge in [0, 0.05) is 15.9 Å². The van der Waals surface area contributed by atoms with Crippen LogP contribution in [0.4, 0.5) is 4.79 Å². The van der Waals surface area contributed by atoms with Crippen LogP contribution in [0.2, 0.25) is 0 Å². The SMILES string of the molecule is CC.CCCCCCNC(=O)NCc1ccc2c(c1)C(=O)NC2=O.[HH].[HH]. The van der Waals surface area contributed by atoms with Crippen molar-refractivity contribution in [3.05, 3.63) is 34.9 Å². The smallest absolute Gasteiger partial charge is 0.315 e. The van der Waals surface area contributed by atoms with Crippen molar-refractivity contribution in [1.82, 2.24) is 16.0 Å². The van der Waals surface area contributed by atoms with E-state index >= 15 is 0 Å². The molecule has 1 heterocycles. The maximum Gasteiger partial charge on any atom is 0.315 e. The lowest BCUT2D eigenvalue weighted by Gasteiger charge is -2.08. The van der Waals surface area contributed by atoms with Gasteiger partial charge in [-0.3, -0.25) is 14.9 Å². The average Bonchev–Trinajstić information content (AvgIpc) is 2.88. The fourth-order valence-electron chi connectivity index (χ4n) is 2.32. The molecular weight excluding hydrogens is 306 g/mol. The van der Waals surface area contributed by atoms with E-state index < -0.39 is 0 Å². The van der Waals surface area contributed by atoms with Crippen LogP contribution in [0.3, 0.4) is 0 Å². The molecule has 6 nitrogen and oxygen atoms in total. The van der Waals surface area contributed by atoms with E-state index in [0.717, 1.165) is 18.4 Å². The average molecular weight is 337 g/mol. The Morgan fingerprint density at radius 1 is 1.04 bits per heavy atom. The van der Waals surface area contributed by atoms with E-state index in [1.54, 1.807) is 18.2 Å². The molecule has 0 aromatic heterocycles. The number of fused-ring (bicyclic) bond motifs is 1. The molecule has 3 N–H and O–H groups in total. The monoisotopic (exact) mass is 337 g/mol. The summed E-state index contributed by atoms with van der Waals surface area (Å²) in [5.74, 6) is -0.758. The van der Waals surface area contributed by atoms with Crippen LogP contribution in [0, 0.1) is 0 Å². The molecule has 0 radical (unpaired) electrons. The summed E-state index contributed by atoms with van der Waals surface area (Å²) in [6.45, 7) is 7.12. The zero-order valence-electron chi connectivity index (χ0n) is 14.7. The molecule has 0 unspecified atom stereocenters. The second-order valence-electron chi connectivity index (χ2n) is 5.33. The molecule has 4 amide bonds. The maximum atomic E-state index is 11.6. The molecule has 1 aromatic carbocycles. The number of nitrogens with one attached hydrogen (secondary N) is 3. The Labute approximate surface area is 146 Å². The van der Waals surface area contributed by atoms with Gasteiger partial charge in [0.25, 0.3) is 11.8 Å². The number of carbonyl (C=O) groups excluding carboxylic acids is 3. The molecule has 0 fully saturated rings. The molecule has 0 atom stereocenters. The Kier molecular flexibility index (Phi) is 8.54.